The first kappa shape index (κ1) is 35.7. The van der Waals surface area contributed by atoms with Crippen LogP contribution < -0.4 is 25.1 Å². The highest BCUT2D eigenvalue weighted by molar-refractivity contribution is 7.16. The predicted octanol–water partition coefficient (Wildman–Crippen LogP) is 5.86. The summed E-state index contributed by atoms with van der Waals surface area (Å²) >= 11 is 1.52. The van der Waals surface area contributed by atoms with Crippen LogP contribution >= 0.6 is 11.3 Å². The molecule has 3 aromatic carbocycles. The van der Waals surface area contributed by atoms with E-state index in [1.54, 1.807) is 50.2 Å². The number of fused-ring (bicyclic) bond motifs is 1. The maximum atomic E-state index is 13.6. The van der Waals surface area contributed by atoms with E-state index in [1.165, 1.54) is 47.7 Å². The second-order valence-corrected chi connectivity index (χ2v) is 12.9. The smallest absolute Gasteiger partial charge is 0.508 e. The third-order valence-electron chi connectivity index (χ3n) is 7.32. The third kappa shape index (κ3) is 9.75. The number of phenols is 1. The number of hydrogen-bond donors (Lipinski definition) is 4. The lowest BCUT2D eigenvalue weighted by atomic mass is 10.0. The second kappa shape index (κ2) is 15.3. The fourth-order valence-electron chi connectivity index (χ4n) is 5.08. The molecule has 0 spiro atoms. The number of urea groups is 1. The van der Waals surface area contributed by atoms with Crippen LogP contribution in [0.5, 0.6) is 11.5 Å². The molecule has 0 radical (unpaired) electrons. The van der Waals surface area contributed by atoms with Crippen molar-refractivity contribution >= 4 is 39.9 Å². The Balaban J connectivity index is 1.30. The number of ether oxygens (including phenoxy) is 2. The Hall–Kier alpha value is -5.57. The number of rotatable bonds is 12. The zero-order valence-electron chi connectivity index (χ0n) is 27.3. The summed E-state index contributed by atoms with van der Waals surface area (Å²) in [5.74, 6) is -1.25. The molecule has 15 heteroatoms. The highest BCUT2D eigenvalue weighted by atomic mass is 32.1. The summed E-state index contributed by atoms with van der Waals surface area (Å²) in [6.07, 6.45) is -1.18. The molecule has 262 valence electrons. The minimum absolute atomic E-state index is 0.0529. The Morgan fingerprint density at radius 3 is 2.24 bits per heavy atom. The number of carbonyl (C=O) groups excluding carboxylic acids is 3. The van der Waals surface area contributed by atoms with Gasteiger partial charge in [0, 0.05) is 17.0 Å². The van der Waals surface area contributed by atoms with Crippen LogP contribution in [0, 0.1) is 6.92 Å². The summed E-state index contributed by atoms with van der Waals surface area (Å²) in [5.41, 5.74) is 2.81. The van der Waals surface area contributed by atoms with E-state index < -0.39 is 30.3 Å². The van der Waals surface area contributed by atoms with Gasteiger partial charge in [0.25, 0.3) is 0 Å². The number of alkyl halides is 3. The molecule has 3 amide bonds. The number of aromatic hydroxyl groups is 1. The molecule has 0 aliphatic heterocycles. The van der Waals surface area contributed by atoms with Gasteiger partial charge in [-0.1, -0.05) is 35.6 Å². The number of nitrogens with one attached hydrogen (secondary N) is 3. The number of nitrogens with zero attached hydrogens (tertiary/aromatic N) is 2. The van der Waals surface area contributed by atoms with Gasteiger partial charge in [-0.2, -0.15) is 4.40 Å². The lowest BCUT2D eigenvalue weighted by molar-refractivity contribution is -0.506. The van der Waals surface area contributed by atoms with Gasteiger partial charge in [0.05, 0.1) is 18.2 Å². The first-order valence-corrected chi connectivity index (χ1v) is 16.3. The van der Waals surface area contributed by atoms with E-state index in [1.807, 2.05) is 28.3 Å². The number of benzene rings is 3. The van der Waals surface area contributed by atoms with Gasteiger partial charge in [-0.3, -0.25) is 4.79 Å². The van der Waals surface area contributed by atoms with Gasteiger partial charge in [0.15, 0.2) is 5.69 Å². The quantitative estimate of drug-likeness (QED) is 0.0947. The predicted molar refractivity (Wildman–Crippen MR) is 179 cm³/mol. The first-order chi connectivity index (χ1) is 23.7. The molecule has 5 rings (SSSR count). The molecule has 0 bridgehead atoms. The van der Waals surface area contributed by atoms with Crippen LogP contribution in [0.4, 0.5) is 23.7 Å². The van der Waals surface area contributed by atoms with Crippen molar-refractivity contribution in [3.8, 4) is 11.5 Å². The van der Waals surface area contributed by atoms with Crippen LogP contribution in [0.1, 0.15) is 45.9 Å². The molecule has 11 nitrogen and oxygen atoms in total. The van der Waals surface area contributed by atoms with Crippen LogP contribution in [0.15, 0.2) is 85.2 Å². The lowest BCUT2D eigenvalue weighted by Crippen LogP contribution is -2.49. The summed E-state index contributed by atoms with van der Waals surface area (Å²) in [6, 6.07) is 16.3. The molecule has 0 fully saturated rings. The van der Waals surface area contributed by atoms with Crippen LogP contribution in [0.25, 0.3) is 4.96 Å². The van der Waals surface area contributed by atoms with Crippen LogP contribution in [0.3, 0.4) is 0 Å². The van der Waals surface area contributed by atoms with Gasteiger partial charge < -0.3 is 30.5 Å². The minimum atomic E-state index is -4.80. The normalized spacial score (nSPS) is 12.1. The molecule has 50 heavy (non-hydrogen) atoms. The topological polar surface area (TPSA) is 135 Å². The van der Waals surface area contributed by atoms with Crippen LogP contribution in [-0.4, -0.2) is 46.1 Å². The third-order valence-corrected chi connectivity index (χ3v) is 8.36. The number of esters is 1. The van der Waals surface area contributed by atoms with Crippen molar-refractivity contribution in [3.63, 3.8) is 0 Å². The summed E-state index contributed by atoms with van der Waals surface area (Å²) in [6.45, 7) is 5.81. The van der Waals surface area contributed by atoms with Gasteiger partial charge in [0.2, 0.25) is 5.91 Å². The SMILES string of the molecule is Cc1c[n+]2cc(CNC(=O)[C@H](Cc3ccc(O)cc3)NC(=O)Nc3ccc(C(=O)OC(C)C)cc3)n(Cc3ccc(OC(F)(F)F)cc3)c2s1. The number of halogens is 3. The van der Waals surface area contributed by atoms with Gasteiger partial charge in [0.1, 0.15) is 36.5 Å². The minimum Gasteiger partial charge on any atom is -0.508 e. The molecule has 0 saturated heterocycles. The van der Waals surface area contributed by atoms with Crippen LogP contribution in [0.2, 0.25) is 0 Å². The molecule has 1 atom stereocenters. The zero-order valence-corrected chi connectivity index (χ0v) is 28.1. The Morgan fingerprint density at radius 1 is 0.940 bits per heavy atom. The molecular formula is C35H35F3N5O6S+. The average Bonchev–Trinajstić information content (AvgIpc) is 3.56. The number of hydrogen-bond acceptors (Lipinski definition) is 7. The fraction of sp³-hybridized carbons (Fsp3) is 0.257. The lowest BCUT2D eigenvalue weighted by Gasteiger charge is -2.19. The number of thiazole rings is 1. The van der Waals surface area contributed by atoms with E-state index in [2.05, 4.69) is 20.7 Å². The van der Waals surface area contributed by atoms with Crippen molar-refractivity contribution in [1.29, 1.82) is 0 Å². The molecule has 0 aliphatic carbocycles. The molecule has 4 N–H and O–H groups in total. The van der Waals surface area contributed by atoms with E-state index in [-0.39, 0.29) is 30.6 Å². The fourth-order valence-corrected chi connectivity index (χ4v) is 6.04. The Kier molecular flexibility index (Phi) is 11.0. The van der Waals surface area contributed by atoms with E-state index in [4.69, 9.17) is 4.74 Å². The molecule has 0 aliphatic rings. The van der Waals surface area contributed by atoms with E-state index in [9.17, 15) is 32.7 Å². The first-order valence-electron chi connectivity index (χ1n) is 15.5. The zero-order chi connectivity index (χ0) is 36.0. The monoisotopic (exact) mass is 710 g/mol. The molecule has 5 aromatic rings. The molecule has 2 aromatic heterocycles. The molecule has 2 heterocycles. The Bertz CT molecular complexity index is 1960. The van der Waals surface area contributed by atoms with Crippen molar-refractivity contribution in [1.82, 2.24) is 15.2 Å². The van der Waals surface area contributed by atoms with Gasteiger partial charge in [-0.15, -0.1) is 13.2 Å². The maximum Gasteiger partial charge on any atom is 0.573 e. The van der Waals surface area contributed by atoms with Crippen molar-refractivity contribution in [2.45, 2.75) is 58.8 Å². The van der Waals surface area contributed by atoms with Gasteiger partial charge in [-0.05, 0) is 80.4 Å². The highest BCUT2D eigenvalue weighted by Crippen LogP contribution is 2.24. The van der Waals surface area contributed by atoms with Gasteiger partial charge >= 0.3 is 23.3 Å². The Labute approximate surface area is 289 Å². The van der Waals surface area contributed by atoms with E-state index >= 15 is 0 Å². The number of aryl methyl sites for hydroxylation is 1. The molecular weight excluding hydrogens is 675 g/mol. The van der Waals surface area contributed by atoms with Crippen LogP contribution in [-0.2, 0) is 29.0 Å². The number of amides is 3. The maximum absolute atomic E-state index is 13.6. The summed E-state index contributed by atoms with van der Waals surface area (Å²) in [7, 11) is 0. The summed E-state index contributed by atoms with van der Waals surface area (Å²) < 4.78 is 51.0. The van der Waals surface area contributed by atoms with Gasteiger partial charge in [-0.25, -0.2) is 14.2 Å². The number of carbonyl (C=O) groups is 3. The number of phenolic OH excluding ortho intramolecular Hbond substituents is 1. The van der Waals surface area contributed by atoms with Crippen molar-refractivity contribution in [3.05, 3.63) is 112 Å². The number of anilines is 1. The van der Waals surface area contributed by atoms with E-state index in [0.717, 1.165) is 9.84 Å². The summed E-state index contributed by atoms with van der Waals surface area (Å²) in [5, 5.41) is 18.0. The largest absolute Gasteiger partial charge is 0.573 e. The van der Waals surface area contributed by atoms with Crippen molar-refractivity contribution in [2.24, 2.45) is 0 Å². The molecule has 0 saturated carbocycles. The van der Waals surface area contributed by atoms with Crippen molar-refractivity contribution in [2.75, 3.05) is 5.32 Å². The Morgan fingerprint density at radius 2 is 1.60 bits per heavy atom. The standard InChI is InChI=1S/C35H34F3N5O6S/c1-21(2)48-32(46)25-8-10-26(11-9-25)40-33(47)41-30(16-23-4-12-28(44)13-5-23)31(45)39-17-27-20-42-18-22(3)50-34(42)43(27)19-24-6-14-29(15-7-24)49-35(36,37)38/h4-15,18,20-21,30H,16-17,19H2,1-3H3,(H3-,39,40,41,44,45,46,47)/p+1/t30-/m0/s1. The second-order valence-electron chi connectivity index (χ2n) is 11.7. The van der Waals surface area contributed by atoms with E-state index in [0.29, 0.717) is 34.6 Å². The highest BCUT2D eigenvalue weighted by Gasteiger charge is 2.31. The number of aromatic nitrogens is 2. The average molecular weight is 711 g/mol. The summed E-state index contributed by atoms with van der Waals surface area (Å²) in [4.78, 5) is 40.8. The van der Waals surface area contributed by atoms with Crippen molar-refractivity contribution < 1.29 is 46.5 Å². The number of imidazole rings is 1. The molecule has 0 unspecified atom stereocenters.